The van der Waals surface area contributed by atoms with E-state index in [9.17, 15) is 9.35 Å². The molecule has 0 fully saturated rings. The standard InChI is InChI=1S/C14H12BrNO2S/c15-13-8-4-5-11(9-13)10-19(18)16-14(17)12-6-2-1-3-7-12/h1-9H,10H2,(H,16,17,18)/p-1. The van der Waals surface area contributed by atoms with Gasteiger partial charge in [-0.3, -0.25) is 4.79 Å². The van der Waals surface area contributed by atoms with Crippen molar-refractivity contribution in [2.45, 2.75) is 5.75 Å². The third kappa shape index (κ3) is 4.38. The monoisotopic (exact) mass is 336 g/mol. The highest BCUT2D eigenvalue weighted by molar-refractivity contribution is 9.10. The number of amides is 1. The summed E-state index contributed by atoms with van der Waals surface area (Å²) in [6.45, 7) is 0. The maximum atomic E-state index is 11.8. The van der Waals surface area contributed by atoms with Crippen LogP contribution in [0.2, 0.25) is 0 Å². The van der Waals surface area contributed by atoms with Crippen LogP contribution in [0.3, 0.4) is 0 Å². The lowest BCUT2D eigenvalue weighted by atomic mass is 10.2. The summed E-state index contributed by atoms with van der Waals surface area (Å²) in [7, 11) is -1.56. The zero-order valence-electron chi connectivity index (χ0n) is 9.95. The summed E-state index contributed by atoms with van der Waals surface area (Å²) in [5.74, 6) is -0.216. The summed E-state index contributed by atoms with van der Waals surface area (Å²) < 4.78 is 16.4. The van der Waals surface area contributed by atoms with Crippen LogP contribution in [-0.2, 0) is 16.7 Å². The van der Waals surface area contributed by atoms with E-state index < -0.39 is 16.9 Å². The number of hydrogen-bond donors (Lipinski definition) is 0. The Kier molecular flexibility index (Phi) is 5.01. The van der Waals surface area contributed by atoms with Crippen molar-refractivity contribution in [2.75, 3.05) is 0 Å². The van der Waals surface area contributed by atoms with E-state index in [4.69, 9.17) is 0 Å². The van der Waals surface area contributed by atoms with Gasteiger partial charge in [-0.05, 0) is 29.8 Å². The SMILES string of the molecule is O=C(N=S([O-])Cc1cccc(Br)c1)c1ccccc1. The predicted octanol–water partition coefficient (Wildman–Crippen LogP) is 3.72. The number of benzene rings is 2. The van der Waals surface area contributed by atoms with Crippen molar-refractivity contribution < 1.29 is 9.35 Å². The zero-order valence-corrected chi connectivity index (χ0v) is 12.4. The van der Waals surface area contributed by atoms with Crippen molar-refractivity contribution >= 4 is 32.8 Å². The average Bonchev–Trinajstić information content (AvgIpc) is 2.39. The normalized spacial score (nSPS) is 12.3. The van der Waals surface area contributed by atoms with Gasteiger partial charge in [0.25, 0.3) is 5.91 Å². The first-order valence-corrected chi connectivity index (χ1v) is 7.66. The second kappa shape index (κ2) is 6.75. The van der Waals surface area contributed by atoms with E-state index in [1.165, 1.54) is 0 Å². The lowest BCUT2D eigenvalue weighted by molar-refractivity contribution is 0.100. The molecule has 0 spiro atoms. The first-order valence-electron chi connectivity index (χ1n) is 5.59. The molecule has 2 aromatic rings. The second-order valence-electron chi connectivity index (χ2n) is 3.86. The molecule has 98 valence electrons. The summed E-state index contributed by atoms with van der Waals surface area (Å²) in [5.41, 5.74) is 1.32. The van der Waals surface area contributed by atoms with E-state index in [1.807, 2.05) is 30.3 Å². The van der Waals surface area contributed by atoms with Crippen LogP contribution in [0.4, 0.5) is 0 Å². The zero-order chi connectivity index (χ0) is 13.7. The van der Waals surface area contributed by atoms with Gasteiger partial charge >= 0.3 is 0 Å². The van der Waals surface area contributed by atoms with Gasteiger partial charge < -0.3 is 4.55 Å². The van der Waals surface area contributed by atoms with Crippen LogP contribution in [0.15, 0.2) is 63.4 Å². The molecular formula is C14H11BrNO2S-. The third-order valence-electron chi connectivity index (χ3n) is 2.38. The summed E-state index contributed by atoms with van der Waals surface area (Å²) in [5, 5.41) is 0. The summed E-state index contributed by atoms with van der Waals surface area (Å²) in [6.07, 6.45) is 0. The van der Waals surface area contributed by atoms with Gasteiger partial charge in [0.1, 0.15) is 0 Å². The molecule has 0 saturated carbocycles. The molecule has 1 amide bonds. The number of hydrogen-bond acceptors (Lipinski definition) is 2. The Morgan fingerprint density at radius 3 is 2.58 bits per heavy atom. The molecule has 1 unspecified atom stereocenters. The Bertz CT molecular complexity index is 614. The van der Waals surface area contributed by atoms with E-state index in [1.54, 1.807) is 24.3 Å². The smallest absolute Gasteiger partial charge is 0.281 e. The number of carbonyl (C=O) groups is 1. The fourth-order valence-corrected chi connectivity index (χ4v) is 2.79. The van der Waals surface area contributed by atoms with Crippen LogP contribution < -0.4 is 0 Å². The van der Waals surface area contributed by atoms with Crippen LogP contribution >= 0.6 is 15.9 Å². The average molecular weight is 337 g/mol. The number of carbonyl (C=O) groups excluding carboxylic acids is 1. The molecular weight excluding hydrogens is 326 g/mol. The second-order valence-corrected chi connectivity index (χ2v) is 5.89. The Morgan fingerprint density at radius 2 is 1.89 bits per heavy atom. The van der Waals surface area contributed by atoms with Crippen LogP contribution in [0.1, 0.15) is 15.9 Å². The summed E-state index contributed by atoms with van der Waals surface area (Å²) >= 11 is 3.34. The predicted molar refractivity (Wildman–Crippen MR) is 79.2 cm³/mol. The quantitative estimate of drug-likeness (QED) is 0.857. The molecule has 0 N–H and O–H groups in total. The van der Waals surface area contributed by atoms with Gasteiger partial charge in [-0.15, -0.1) is 0 Å². The molecule has 0 radical (unpaired) electrons. The molecule has 1 atom stereocenters. The molecule has 0 aliphatic rings. The lowest BCUT2D eigenvalue weighted by Crippen LogP contribution is -2.00. The molecule has 0 aliphatic carbocycles. The van der Waals surface area contributed by atoms with Crippen LogP contribution in [0.5, 0.6) is 0 Å². The molecule has 0 heterocycles. The lowest BCUT2D eigenvalue weighted by Gasteiger charge is -2.12. The van der Waals surface area contributed by atoms with Gasteiger partial charge in [0.15, 0.2) is 0 Å². The molecule has 0 saturated heterocycles. The van der Waals surface area contributed by atoms with Crippen molar-refractivity contribution in [3.05, 3.63) is 70.2 Å². The molecule has 2 rings (SSSR count). The van der Waals surface area contributed by atoms with Gasteiger partial charge in [0.2, 0.25) is 0 Å². The van der Waals surface area contributed by atoms with E-state index in [0.717, 1.165) is 10.0 Å². The van der Waals surface area contributed by atoms with Crippen molar-refractivity contribution in [3.63, 3.8) is 0 Å². The topological polar surface area (TPSA) is 52.5 Å². The molecule has 0 aromatic heterocycles. The van der Waals surface area contributed by atoms with Gasteiger partial charge in [0, 0.05) is 15.8 Å². The molecule has 3 nitrogen and oxygen atoms in total. The van der Waals surface area contributed by atoms with Crippen molar-refractivity contribution in [2.24, 2.45) is 4.36 Å². The van der Waals surface area contributed by atoms with Crippen molar-refractivity contribution in [3.8, 4) is 0 Å². The Morgan fingerprint density at radius 1 is 1.16 bits per heavy atom. The first-order chi connectivity index (χ1) is 9.15. The molecule has 19 heavy (non-hydrogen) atoms. The largest absolute Gasteiger partial charge is 0.788 e. The van der Waals surface area contributed by atoms with E-state index >= 15 is 0 Å². The number of halogens is 1. The van der Waals surface area contributed by atoms with Crippen molar-refractivity contribution in [1.82, 2.24) is 0 Å². The highest BCUT2D eigenvalue weighted by Gasteiger charge is 2.01. The first kappa shape index (κ1) is 14.1. The van der Waals surface area contributed by atoms with Crippen LogP contribution in [0, 0.1) is 0 Å². The molecule has 0 aliphatic heterocycles. The third-order valence-corrected chi connectivity index (χ3v) is 3.83. The van der Waals surface area contributed by atoms with Crippen LogP contribution in [-0.4, -0.2) is 10.5 Å². The van der Waals surface area contributed by atoms with Gasteiger partial charge in [0.05, 0.1) is 0 Å². The molecule has 5 heteroatoms. The maximum absolute atomic E-state index is 11.8. The van der Waals surface area contributed by atoms with E-state index in [0.29, 0.717) is 5.56 Å². The van der Waals surface area contributed by atoms with Crippen molar-refractivity contribution in [1.29, 1.82) is 0 Å². The minimum atomic E-state index is -1.56. The molecule has 2 aromatic carbocycles. The van der Waals surface area contributed by atoms with Gasteiger partial charge in [-0.25, -0.2) is 4.36 Å². The van der Waals surface area contributed by atoms with Gasteiger partial charge in [-0.2, -0.15) is 11.0 Å². The van der Waals surface area contributed by atoms with E-state index in [-0.39, 0.29) is 5.75 Å². The molecule has 0 bridgehead atoms. The summed E-state index contributed by atoms with van der Waals surface area (Å²) in [6, 6.07) is 16.1. The fourth-order valence-electron chi connectivity index (χ4n) is 1.53. The highest BCUT2D eigenvalue weighted by Crippen LogP contribution is 2.13. The highest BCUT2D eigenvalue weighted by atomic mass is 79.9. The fraction of sp³-hybridized carbons (Fsp3) is 0.0714. The Hall–Kier alpha value is -1.30. The Balaban J connectivity index is 2.09. The van der Waals surface area contributed by atoms with E-state index in [2.05, 4.69) is 20.3 Å². The Labute approximate surface area is 122 Å². The van der Waals surface area contributed by atoms with Crippen LogP contribution in [0.25, 0.3) is 0 Å². The van der Waals surface area contributed by atoms with Gasteiger partial charge in [-0.1, -0.05) is 46.3 Å². The number of rotatable bonds is 3. The maximum Gasteiger partial charge on any atom is 0.281 e. The minimum Gasteiger partial charge on any atom is -0.788 e. The number of nitrogens with zero attached hydrogens (tertiary/aromatic N) is 1. The summed E-state index contributed by atoms with van der Waals surface area (Å²) in [4.78, 5) is 11.7. The minimum absolute atomic E-state index is 0.234.